The lowest BCUT2D eigenvalue weighted by Crippen LogP contribution is -2.28. The number of carbonyl (C=O) groups excluding carboxylic acids is 2. The van der Waals surface area contributed by atoms with Gasteiger partial charge >= 0.3 is 0 Å². The Kier molecular flexibility index (Phi) is 4.10. The average Bonchev–Trinajstić information content (AvgIpc) is 2.90. The number of carbonyl (C=O) groups is 2. The molecule has 1 unspecified atom stereocenters. The van der Waals surface area contributed by atoms with Gasteiger partial charge in [-0.15, -0.1) is 0 Å². The van der Waals surface area contributed by atoms with Gasteiger partial charge in [0, 0.05) is 24.8 Å². The number of nitrogens with zero attached hydrogens (tertiary/aromatic N) is 2. The van der Waals surface area contributed by atoms with E-state index in [2.05, 4.69) is 10.3 Å². The zero-order chi connectivity index (χ0) is 16.4. The van der Waals surface area contributed by atoms with E-state index in [0.717, 1.165) is 16.8 Å². The van der Waals surface area contributed by atoms with Crippen molar-refractivity contribution >= 4 is 23.3 Å². The Labute approximate surface area is 135 Å². The van der Waals surface area contributed by atoms with Crippen molar-refractivity contribution in [1.82, 2.24) is 4.98 Å². The molecule has 1 aliphatic rings. The summed E-state index contributed by atoms with van der Waals surface area (Å²) < 4.78 is 0. The molecule has 0 saturated carbocycles. The van der Waals surface area contributed by atoms with Crippen LogP contribution in [-0.4, -0.2) is 23.3 Å². The molecule has 1 fully saturated rings. The number of pyridine rings is 1. The van der Waals surface area contributed by atoms with Crippen molar-refractivity contribution in [2.24, 2.45) is 5.92 Å². The Morgan fingerprint density at radius 2 is 2.09 bits per heavy atom. The number of hydrogen-bond donors (Lipinski definition) is 1. The van der Waals surface area contributed by atoms with Crippen molar-refractivity contribution in [3.63, 3.8) is 0 Å². The molecule has 0 bridgehead atoms. The SMILES string of the molecule is Cc1ccc(N2CC(C(=O)Nc3ccccn3)CC2=O)c(C)c1. The maximum Gasteiger partial charge on any atom is 0.230 e. The van der Waals surface area contributed by atoms with Gasteiger partial charge in [0.05, 0.1) is 5.92 Å². The first-order valence-electron chi connectivity index (χ1n) is 7.64. The number of amides is 2. The highest BCUT2D eigenvalue weighted by atomic mass is 16.2. The molecule has 3 rings (SSSR count). The summed E-state index contributed by atoms with van der Waals surface area (Å²) in [5.74, 6) is -0.0254. The summed E-state index contributed by atoms with van der Waals surface area (Å²) in [7, 11) is 0. The zero-order valence-corrected chi connectivity index (χ0v) is 13.2. The number of rotatable bonds is 3. The van der Waals surface area contributed by atoms with E-state index < -0.39 is 0 Å². The summed E-state index contributed by atoms with van der Waals surface area (Å²) in [5, 5.41) is 2.77. The lowest BCUT2D eigenvalue weighted by Gasteiger charge is -2.19. The largest absolute Gasteiger partial charge is 0.311 e. The zero-order valence-electron chi connectivity index (χ0n) is 13.2. The first-order chi connectivity index (χ1) is 11.0. The van der Waals surface area contributed by atoms with Gasteiger partial charge in [-0.1, -0.05) is 23.8 Å². The predicted molar refractivity (Wildman–Crippen MR) is 89.2 cm³/mol. The third-order valence-electron chi connectivity index (χ3n) is 4.06. The fourth-order valence-electron chi connectivity index (χ4n) is 2.89. The molecule has 1 aliphatic heterocycles. The molecule has 5 heteroatoms. The lowest BCUT2D eigenvalue weighted by atomic mass is 10.1. The standard InChI is InChI=1S/C18H19N3O2/c1-12-6-7-15(13(2)9-12)21-11-14(10-17(21)22)18(23)20-16-5-3-4-8-19-16/h3-9,14H,10-11H2,1-2H3,(H,19,20,23). The summed E-state index contributed by atoms with van der Waals surface area (Å²) in [6.07, 6.45) is 1.85. The van der Waals surface area contributed by atoms with Crippen LogP contribution in [0.5, 0.6) is 0 Å². The topological polar surface area (TPSA) is 62.3 Å². The predicted octanol–water partition coefficient (Wildman–Crippen LogP) is 2.69. The number of aromatic nitrogens is 1. The van der Waals surface area contributed by atoms with Gasteiger partial charge in [0.25, 0.3) is 0 Å². The molecule has 1 aromatic carbocycles. The van der Waals surface area contributed by atoms with Crippen LogP contribution in [0.3, 0.4) is 0 Å². The van der Waals surface area contributed by atoms with E-state index in [0.29, 0.717) is 12.4 Å². The van der Waals surface area contributed by atoms with Gasteiger partial charge in [-0.05, 0) is 37.6 Å². The smallest absolute Gasteiger partial charge is 0.230 e. The summed E-state index contributed by atoms with van der Waals surface area (Å²) >= 11 is 0. The van der Waals surface area contributed by atoms with E-state index in [4.69, 9.17) is 0 Å². The molecule has 0 radical (unpaired) electrons. The van der Waals surface area contributed by atoms with E-state index >= 15 is 0 Å². The molecular formula is C18H19N3O2. The van der Waals surface area contributed by atoms with Crippen LogP contribution in [0.2, 0.25) is 0 Å². The third-order valence-corrected chi connectivity index (χ3v) is 4.06. The van der Waals surface area contributed by atoms with Crippen LogP contribution in [0.25, 0.3) is 0 Å². The van der Waals surface area contributed by atoms with Gasteiger partial charge in [-0.3, -0.25) is 9.59 Å². The molecule has 1 atom stereocenters. The fourth-order valence-corrected chi connectivity index (χ4v) is 2.89. The molecule has 1 saturated heterocycles. The van der Waals surface area contributed by atoms with Crippen LogP contribution in [0, 0.1) is 19.8 Å². The molecule has 1 aromatic heterocycles. The van der Waals surface area contributed by atoms with Gasteiger partial charge in [0.1, 0.15) is 5.82 Å². The van der Waals surface area contributed by atoms with Gasteiger partial charge in [0.2, 0.25) is 11.8 Å². The van der Waals surface area contributed by atoms with Crippen molar-refractivity contribution in [1.29, 1.82) is 0 Å². The number of aryl methyl sites for hydroxylation is 2. The van der Waals surface area contributed by atoms with Gasteiger partial charge < -0.3 is 10.2 Å². The van der Waals surface area contributed by atoms with Crippen LogP contribution < -0.4 is 10.2 Å². The molecule has 0 aliphatic carbocycles. The Balaban J connectivity index is 1.73. The Morgan fingerprint density at radius 3 is 2.78 bits per heavy atom. The van der Waals surface area contributed by atoms with Gasteiger partial charge in [-0.25, -0.2) is 4.98 Å². The first kappa shape index (κ1) is 15.2. The van der Waals surface area contributed by atoms with E-state index in [1.165, 1.54) is 0 Å². The summed E-state index contributed by atoms with van der Waals surface area (Å²) in [6, 6.07) is 11.3. The Bertz CT molecular complexity index is 743. The van der Waals surface area contributed by atoms with E-state index in [9.17, 15) is 9.59 Å². The minimum Gasteiger partial charge on any atom is -0.311 e. The minimum atomic E-state index is -0.356. The maximum atomic E-state index is 12.3. The molecule has 1 N–H and O–H groups in total. The van der Waals surface area contributed by atoms with E-state index in [1.54, 1.807) is 23.2 Å². The highest BCUT2D eigenvalue weighted by Crippen LogP contribution is 2.29. The summed E-state index contributed by atoms with van der Waals surface area (Å²) in [5.41, 5.74) is 3.08. The van der Waals surface area contributed by atoms with E-state index in [1.807, 2.05) is 38.1 Å². The van der Waals surface area contributed by atoms with Crippen LogP contribution in [-0.2, 0) is 9.59 Å². The minimum absolute atomic E-state index is 0.0156. The third kappa shape index (κ3) is 3.23. The van der Waals surface area contributed by atoms with Crippen molar-refractivity contribution < 1.29 is 9.59 Å². The van der Waals surface area contributed by atoms with Crippen LogP contribution in [0.4, 0.5) is 11.5 Å². The maximum absolute atomic E-state index is 12.3. The molecule has 2 amide bonds. The summed E-state index contributed by atoms with van der Waals surface area (Å²) in [6.45, 7) is 4.41. The lowest BCUT2D eigenvalue weighted by molar-refractivity contribution is -0.122. The number of benzene rings is 1. The monoisotopic (exact) mass is 309 g/mol. The quantitative estimate of drug-likeness (QED) is 0.948. The van der Waals surface area contributed by atoms with Crippen LogP contribution in [0.1, 0.15) is 17.5 Å². The highest BCUT2D eigenvalue weighted by molar-refractivity contribution is 6.03. The molecule has 2 heterocycles. The first-order valence-corrected chi connectivity index (χ1v) is 7.64. The number of anilines is 2. The fraction of sp³-hybridized carbons (Fsp3) is 0.278. The molecule has 2 aromatic rings. The molecular weight excluding hydrogens is 290 g/mol. The van der Waals surface area contributed by atoms with Gasteiger partial charge in [0.15, 0.2) is 0 Å². The Hall–Kier alpha value is -2.69. The normalized spacial score (nSPS) is 17.4. The van der Waals surface area contributed by atoms with Crippen LogP contribution in [0.15, 0.2) is 42.6 Å². The highest BCUT2D eigenvalue weighted by Gasteiger charge is 2.35. The Morgan fingerprint density at radius 1 is 1.26 bits per heavy atom. The molecule has 23 heavy (non-hydrogen) atoms. The van der Waals surface area contributed by atoms with Gasteiger partial charge in [-0.2, -0.15) is 0 Å². The molecule has 0 spiro atoms. The van der Waals surface area contributed by atoms with Crippen molar-refractivity contribution in [3.8, 4) is 0 Å². The molecule has 5 nitrogen and oxygen atoms in total. The number of hydrogen-bond acceptors (Lipinski definition) is 3. The van der Waals surface area contributed by atoms with Crippen molar-refractivity contribution in [3.05, 3.63) is 53.7 Å². The van der Waals surface area contributed by atoms with Crippen molar-refractivity contribution in [2.75, 3.05) is 16.8 Å². The second-order valence-electron chi connectivity index (χ2n) is 5.90. The summed E-state index contributed by atoms with van der Waals surface area (Å²) in [4.78, 5) is 30.4. The van der Waals surface area contributed by atoms with Crippen molar-refractivity contribution in [2.45, 2.75) is 20.3 Å². The van der Waals surface area contributed by atoms with Crippen LogP contribution >= 0.6 is 0 Å². The molecule has 118 valence electrons. The number of nitrogens with one attached hydrogen (secondary N) is 1. The van der Waals surface area contributed by atoms with E-state index in [-0.39, 0.29) is 24.2 Å². The second-order valence-corrected chi connectivity index (χ2v) is 5.90. The second kappa shape index (κ2) is 6.20. The average molecular weight is 309 g/mol.